The first-order valence-electron chi connectivity index (χ1n) is 8.93. The summed E-state index contributed by atoms with van der Waals surface area (Å²) in [6, 6.07) is 1.65. The number of ether oxygens (including phenoxy) is 1. The zero-order valence-electron chi connectivity index (χ0n) is 16.0. The molecule has 1 aliphatic heterocycles. The molecule has 0 saturated carbocycles. The Kier molecular flexibility index (Phi) is 6.56. The molecule has 1 fully saturated rings. The van der Waals surface area contributed by atoms with E-state index in [9.17, 15) is 19.0 Å². The van der Waals surface area contributed by atoms with Crippen molar-refractivity contribution in [3.05, 3.63) is 17.5 Å². The van der Waals surface area contributed by atoms with Crippen LogP contribution in [0.3, 0.4) is 0 Å². The van der Waals surface area contributed by atoms with Crippen molar-refractivity contribution in [1.29, 1.82) is 0 Å². The molecule has 0 aromatic carbocycles. The Morgan fingerprint density at radius 2 is 1.88 bits per heavy atom. The largest absolute Gasteiger partial charge is 0.395 e. The van der Waals surface area contributed by atoms with Gasteiger partial charge in [-0.1, -0.05) is 19.0 Å². The number of aromatic nitrogens is 1. The van der Waals surface area contributed by atoms with Gasteiger partial charge in [0.15, 0.2) is 5.78 Å². The molecular weight excluding hydrogens is 358 g/mol. The Labute approximate surface area is 156 Å². The van der Waals surface area contributed by atoms with Gasteiger partial charge in [-0.3, -0.25) is 13.9 Å². The highest BCUT2D eigenvalue weighted by Crippen LogP contribution is 2.54. The number of rotatable bonds is 8. The molecule has 0 spiro atoms. The van der Waals surface area contributed by atoms with Gasteiger partial charge < -0.3 is 14.4 Å². The van der Waals surface area contributed by atoms with Crippen LogP contribution < -0.4 is 0 Å². The van der Waals surface area contributed by atoms with Crippen LogP contribution in [0.25, 0.3) is 0 Å². The highest BCUT2D eigenvalue weighted by Gasteiger charge is 2.42. The smallest absolute Gasteiger partial charge is 0.164 e. The zero-order valence-corrected chi connectivity index (χ0v) is 16.8. The molecule has 26 heavy (non-hydrogen) atoms. The van der Waals surface area contributed by atoms with E-state index < -0.39 is 20.8 Å². The van der Waals surface area contributed by atoms with Gasteiger partial charge in [-0.15, -0.1) is 0 Å². The van der Waals surface area contributed by atoms with Gasteiger partial charge in [0.2, 0.25) is 0 Å². The van der Waals surface area contributed by atoms with E-state index in [1.54, 1.807) is 19.9 Å². The molecule has 1 aromatic heterocycles. The van der Waals surface area contributed by atoms with Crippen LogP contribution in [-0.2, 0) is 21.4 Å². The molecule has 0 unspecified atom stereocenters. The SMILES string of the molecule is CC(C)(CO)c1cc(CC(=O)C(C)(C)S(O)(O)CC2CCOCC2)on1. The maximum Gasteiger partial charge on any atom is 0.164 e. The maximum atomic E-state index is 12.8. The van der Waals surface area contributed by atoms with Gasteiger partial charge in [-0.2, -0.15) is 10.6 Å². The Bertz CT molecular complexity index is 619. The van der Waals surface area contributed by atoms with E-state index >= 15 is 0 Å². The summed E-state index contributed by atoms with van der Waals surface area (Å²) in [6.45, 7) is 7.96. The molecule has 0 aliphatic carbocycles. The van der Waals surface area contributed by atoms with E-state index in [0.29, 0.717) is 24.7 Å². The Balaban J connectivity index is 2.06. The Hall–Kier alpha value is -0.930. The maximum absolute atomic E-state index is 12.8. The van der Waals surface area contributed by atoms with Crippen molar-refractivity contribution < 1.29 is 28.3 Å². The summed E-state index contributed by atoms with van der Waals surface area (Å²) >= 11 is 0. The van der Waals surface area contributed by atoms with E-state index in [2.05, 4.69) is 5.16 Å². The number of aliphatic hydroxyl groups is 1. The number of carbonyl (C=O) groups excluding carboxylic acids is 1. The fraction of sp³-hybridized carbons (Fsp3) is 0.778. The van der Waals surface area contributed by atoms with Gasteiger partial charge in [0.25, 0.3) is 0 Å². The minimum absolute atomic E-state index is 0.0643. The average molecular weight is 390 g/mol. The van der Waals surface area contributed by atoms with Gasteiger partial charge in [0, 0.05) is 30.4 Å². The molecule has 2 rings (SSSR count). The van der Waals surface area contributed by atoms with Crippen LogP contribution in [0, 0.1) is 5.92 Å². The number of aliphatic hydroxyl groups excluding tert-OH is 1. The number of hydrogen-bond donors (Lipinski definition) is 3. The van der Waals surface area contributed by atoms with Crippen LogP contribution in [0.5, 0.6) is 0 Å². The van der Waals surface area contributed by atoms with Crippen LogP contribution in [-0.4, -0.2) is 55.5 Å². The summed E-state index contributed by atoms with van der Waals surface area (Å²) in [5.74, 6) is 0.437. The van der Waals surface area contributed by atoms with E-state index in [1.165, 1.54) is 0 Å². The lowest BCUT2D eigenvalue weighted by atomic mass is 9.90. The molecule has 0 atom stereocenters. The summed E-state index contributed by atoms with van der Waals surface area (Å²) in [6.07, 6.45) is 1.49. The normalized spacial score (nSPS) is 18.1. The lowest BCUT2D eigenvalue weighted by molar-refractivity contribution is -0.120. The average Bonchev–Trinajstić information content (AvgIpc) is 3.04. The summed E-state index contributed by atoms with van der Waals surface area (Å²) < 4.78 is 30.7. The number of ketones is 1. The third-order valence-corrected chi connectivity index (χ3v) is 8.08. The quantitative estimate of drug-likeness (QED) is 0.626. The second-order valence-corrected chi connectivity index (χ2v) is 10.9. The number of Topliss-reactive ketones (excluding diaryl/α,β-unsaturated/α-hetero) is 1. The predicted molar refractivity (Wildman–Crippen MR) is 101 cm³/mol. The minimum atomic E-state index is -3.11. The van der Waals surface area contributed by atoms with Crippen LogP contribution >= 0.6 is 10.6 Å². The summed E-state index contributed by atoms with van der Waals surface area (Å²) in [7, 11) is -3.11. The molecule has 0 bridgehead atoms. The van der Waals surface area contributed by atoms with Crippen molar-refractivity contribution in [2.75, 3.05) is 25.6 Å². The van der Waals surface area contributed by atoms with Gasteiger partial charge in [0.1, 0.15) is 10.5 Å². The third-order valence-electron chi connectivity index (χ3n) is 5.28. The fourth-order valence-electron chi connectivity index (χ4n) is 2.80. The molecular formula is C18H31NO6S. The topological polar surface area (TPSA) is 113 Å². The minimum Gasteiger partial charge on any atom is -0.395 e. The first-order valence-corrected chi connectivity index (χ1v) is 10.6. The van der Waals surface area contributed by atoms with Gasteiger partial charge in [-0.05, 0) is 32.6 Å². The van der Waals surface area contributed by atoms with Crippen molar-refractivity contribution >= 4 is 16.4 Å². The van der Waals surface area contributed by atoms with Crippen molar-refractivity contribution in [3.63, 3.8) is 0 Å². The number of hydrogen-bond acceptors (Lipinski definition) is 7. The second kappa shape index (κ2) is 7.98. The highest BCUT2D eigenvalue weighted by atomic mass is 32.3. The fourth-order valence-corrected chi connectivity index (χ4v) is 4.64. The summed E-state index contributed by atoms with van der Waals surface area (Å²) in [5.41, 5.74) is 0.00112. The highest BCUT2D eigenvalue weighted by molar-refractivity contribution is 8.26. The predicted octanol–water partition coefficient (Wildman–Crippen LogP) is 3.01. The van der Waals surface area contributed by atoms with E-state index in [0.717, 1.165) is 12.8 Å². The van der Waals surface area contributed by atoms with E-state index in [-0.39, 0.29) is 30.5 Å². The zero-order chi connectivity index (χ0) is 19.6. The summed E-state index contributed by atoms with van der Waals surface area (Å²) in [4.78, 5) is 12.8. The standard InChI is InChI=1S/C18H31NO6S/c1-17(2,12-20)15-9-14(25-19-15)10-16(21)18(3,4)26(22,23)11-13-5-7-24-8-6-13/h9,13,20,22-23H,5-8,10-12H2,1-4H3. The number of carbonyl (C=O) groups is 1. The lowest BCUT2D eigenvalue weighted by Crippen LogP contribution is -2.41. The van der Waals surface area contributed by atoms with E-state index in [1.807, 2.05) is 13.8 Å². The van der Waals surface area contributed by atoms with Crippen LogP contribution in [0.15, 0.2) is 10.6 Å². The van der Waals surface area contributed by atoms with Crippen molar-refractivity contribution in [1.82, 2.24) is 5.16 Å². The van der Waals surface area contributed by atoms with Crippen molar-refractivity contribution in [2.45, 2.75) is 57.1 Å². The summed E-state index contributed by atoms with van der Waals surface area (Å²) in [5, 5.41) is 13.3. The van der Waals surface area contributed by atoms with E-state index in [4.69, 9.17) is 9.26 Å². The molecule has 3 N–H and O–H groups in total. The molecule has 150 valence electrons. The van der Waals surface area contributed by atoms with Gasteiger partial charge >= 0.3 is 0 Å². The third kappa shape index (κ3) is 4.67. The van der Waals surface area contributed by atoms with Gasteiger partial charge in [-0.25, -0.2) is 0 Å². The molecule has 1 aromatic rings. The van der Waals surface area contributed by atoms with Crippen molar-refractivity contribution in [2.24, 2.45) is 5.92 Å². The number of nitrogens with zero attached hydrogens (tertiary/aromatic N) is 1. The monoisotopic (exact) mass is 389 g/mol. The van der Waals surface area contributed by atoms with Crippen molar-refractivity contribution in [3.8, 4) is 0 Å². The first kappa shape index (κ1) is 21.4. The molecule has 0 radical (unpaired) electrons. The lowest BCUT2D eigenvalue weighted by Gasteiger charge is -2.47. The Morgan fingerprint density at radius 3 is 2.46 bits per heavy atom. The molecule has 1 aliphatic rings. The van der Waals surface area contributed by atoms with Gasteiger partial charge in [0.05, 0.1) is 18.7 Å². The van der Waals surface area contributed by atoms with Crippen LogP contribution in [0.4, 0.5) is 0 Å². The molecule has 2 heterocycles. The molecule has 1 saturated heterocycles. The van der Waals surface area contributed by atoms with Crippen LogP contribution in [0.1, 0.15) is 52.0 Å². The first-order chi connectivity index (χ1) is 12.0. The molecule has 0 amide bonds. The second-order valence-electron chi connectivity index (χ2n) is 8.22. The van der Waals surface area contributed by atoms with Crippen LogP contribution in [0.2, 0.25) is 0 Å². The molecule has 7 nitrogen and oxygen atoms in total. The molecule has 8 heteroatoms. The Morgan fingerprint density at radius 1 is 1.27 bits per heavy atom.